The van der Waals surface area contributed by atoms with E-state index in [-0.39, 0.29) is 5.91 Å². The smallest absolute Gasteiger partial charge is 0.251 e. The van der Waals surface area contributed by atoms with Gasteiger partial charge in [-0.05, 0) is 42.9 Å². The normalized spacial score (nSPS) is 14.6. The molecule has 2 heterocycles. The number of carbonyl (C=O) groups excluding carboxylic acids is 1. The number of piperidine rings is 1. The number of nitrogens with one attached hydrogen (secondary N) is 1. The molecule has 1 aliphatic heterocycles. The van der Waals surface area contributed by atoms with E-state index in [1.165, 1.54) is 19.3 Å². The van der Waals surface area contributed by atoms with Gasteiger partial charge in [0.15, 0.2) is 0 Å². The van der Waals surface area contributed by atoms with Gasteiger partial charge in [-0.15, -0.1) is 0 Å². The SMILES string of the molecule is CC(C)CNC(=O)c1ccc(-c2cnc(N3CCCCC3)nc2)cc1. The standard InChI is InChI=1S/C20H26N4O/c1-15(2)12-21-19(25)17-8-6-16(7-9-17)18-13-22-20(23-14-18)24-10-4-3-5-11-24/h6-9,13-15H,3-5,10-12H2,1-2H3,(H,21,25). The van der Waals surface area contributed by atoms with Crippen molar-refractivity contribution in [2.75, 3.05) is 24.5 Å². The van der Waals surface area contributed by atoms with E-state index in [4.69, 9.17) is 0 Å². The minimum atomic E-state index is -0.0306. The average molecular weight is 338 g/mol. The van der Waals surface area contributed by atoms with Crippen LogP contribution in [0.2, 0.25) is 0 Å². The van der Waals surface area contributed by atoms with Crippen molar-refractivity contribution < 1.29 is 4.79 Å². The van der Waals surface area contributed by atoms with E-state index in [0.29, 0.717) is 18.0 Å². The number of benzene rings is 1. The number of carbonyl (C=O) groups is 1. The minimum absolute atomic E-state index is 0.0306. The number of nitrogens with zero attached hydrogens (tertiary/aromatic N) is 3. The zero-order chi connectivity index (χ0) is 17.6. The van der Waals surface area contributed by atoms with Crippen molar-refractivity contribution in [1.82, 2.24) is 15.3 Å². The van der Waals surface area contributed by atoms with E-state index in [1.807, 2.05) is 36.7 Å². The molecule has 1 N–H and O–H groups in total. The fourth-order valence-electron chi connectivity index (χ4n) is 2.94. The molecule has 1 aromatic heterocycles. The predicted octanol–water partition coefficient (Wildman–Crippen LogP) is 3.52. The van der Waals surface area contributed by atoms with Crippen LogP contribution in [0.15, 0.2) is 36.7 Å². The number of hydrogen-bond acceptors (Lipinski definition) is 4. The molecular formula is C20H26N4O. The molecular weight excluding hydrogens is 312 g/mol. The van der Waals surface area contributed by atoms with Gasteiger partial charge in [0.05, 0.1) is 0 Å². The summed E-state index contributed by atoms with van der Waals surface area (Å²) in [6.45, 7) is 6.93. The highest BCUT2D eigenvalue weighted by Crippen LogP contribution is 2.21. The van der Waals surface area contributed by atoms with Crippen LogP contribution >= 0.6 is 0 Å². The predicted molar refractivity (Wildman–Crippen MR) is 101 cm³/mol. The first kappa shape index (κ1) is 17.4. The van der Waals surface area contributed by atoms with E-state index in [1.54, 1.807) is 0 Å². The molecule has 0 atom stereocenters. The highest BCUT2D eigenvalue weighted by Gasteiger charge is 2.13. The van der Waals surface area contributed by atoms with Gasteiger partial charge in [-0.3, -0.25) is 4.79 Å². The van der Waals surface area contributed by atoms with Gasteiger partial charge in [0.1, 0.15) is 0 Å². The summed E-state index contributed by atoms with van der Waals surface area (Å²) in [6, 6.07) is 7.60. The Kier molecular flexibility index (Phi) is 5.64. The lowest BCUT2D eigenvalue weighted by molar-refractivity contribution is 0.0949. The van der Waals surface area contributed by atoms with Crippen LogP contribution in [0.1, 0.15) is 43.5 Å². The zero-order valence-corrected chi connectivity index (χ0v) is 15.0. The van der Waals surface area contributed by atoms with Crippen LogP contribution in [-0.2, 0) is 0 Å². The summed E-state index contributed by atoms with van der Waals surface area (Å²) in [5.74, 6) is 1.23. The third-order valence-corrected chi connectivity index (χ3v) is 4.43. The Labute approximate surface area is 149 Å². The fraction of sp³-hybridized carbons (Fsp3) is 0.450. The number of amides is 1. The van der Waals surface area contributed by atoms with Gasteiger partial charge in [-0.25, -0.2) is 9.97 Å². The van der Waals surface area contributed by atoms with Crippen molar-refractivity contribution in [2.45, 2.75) is 33.1 Å². The van der Waals surface area contributed by atoms with Gasteiger partial charge < -0.3 is 10.2 Å². The summed E-state index contributed by atoms with van der Waals surface area (Å²) in [7, 11) is 0. The molecule has 25 heavy (non-hydrogen) atoms. The second-order valence-corrected chi connectivity index (χ2v) is 7.00. The van der Waals surface area contributed by atoms with Crippen LogP contribution in [0.4, 0.5) is 5.95 Å². The molecule has 1 amide bonds. The molecule has 1 aromatic carbocycles. The quantitative estimate of drug-likeness (QED) is 0.906. The summed E-state index contributed by atoms with van der Waals surface area (Å²) < 4.78 is 0. The van der Waals surface area contributed by atoms with E-state index in [0.717, 1.165) is 30.2 Å². The Morgan fingerprint density at radius 2 is 1.68 bits per heavy atom. The van der Waals surface area contributed by atoms with Crippen LogP contribution in [0.3, 0.4) is 0 Å². The summed E-state index contributed by atoms with van der Waals surface area (Å²) in [5, 5.41) is 2.93. The Morgan fingerprint density at radius 1 is 1.04 bits per heavy atom. The minimum Gasteiger partial charge on any atom is -0.352 e. The third kappa shape index (κ3) is 4.56. The van der Waals surface area contributed by atoms with Crippen molar-refractivity contribution in [1.29, 1.82) is 0 Å². The van der Waals surface area contributed by atoms with Crippen molar-refractivity contribution in [3.8, 4) is 11.1 Å². The van der Waals surface area contributed by atoms with E-state index in [2.05, 4.69) is 34.0 Å². The number of rotatable bonds is 5. The van der Waals surface area contributed by atoms with Gasteiger partial charge in [0.25, 0.3) is 5.91 Å². The van der Waals surface area contributed by atoms with E-state index in [9.17, 15) is 4.79 Å². The third-order valence-electron chi connectivity index (χ3n) is 4.43. The average Bonchev–Trinajstić information content (AvgIpc) is 2.67. The second-order valence-electron chi connectivity index (χ2n) is 7.00. The van der Waals surface area contributed by atoms with Crippen LogP contribution in [-0.4, -0.2) is 35.5 Å². The van der Waals surface area contributed by atoms with Crippen LogP contribution in [0.25, 0.3) is 11.1 Å². The zero-order valence-electron chi connectivity index (χ0n) is 15.0. The van der Waals surface area contributed by atoms with Crippen molar-refractivity contribution in [2.24, 2.45) is 5.92 Å². The fourth-order valence-corrected chi connectivity index (χ4v) is 2.94. The first-order valence-corrected chi connectivity index (χ1v) is 9.09. The molecule has 5 nitrogen and oxygen atoms in total. The molecule has 1 saturated heterocycles. The highest BCUT2D eigenvalue weighted by atomic mass is 16.1. The molecule has 0 spiro atoms. The molecule has 132 valence electrons. The Hall–Kier alpha value is -2.43. The number of hydrogen-bond donors (Lipinski definition) is 1. The number of anilines is 1. The topological polar surface area (TPSA) is 58.1 Å². The highest BCUT2D eigenvalue weighted by molar-refractivity contribution is 5.94. The molecule has 0 radical (unpaired) electrons. The second kappa shape index (κ2) is 8.10. The lowest BCUT2D eigenvalue weighted by Crippen LogP contribution is -2.30. The molecule has 0 bridgehead atoms. The van der Waals surface area contributed by atoms with E-state index < -0.39 is 0 Å². The lowest BCUT2D eigenvalue weighted by Gasteiger charge is -2.26. The first-order valence-electron chi connectivity index (χ1n) is 9.09. The maximum atomic E-state index is 12.1. The summed E-state index contributed by atoms with van der Waals surface area (Å²) in [4.78, 5) is 23.4. The maximum absolute atomic E-state index is 12.1. The Balaban J connectivity index is 1.66. The molecule has 5 heteroatoms. The van der Waals surface area contributed by atoms with Crippen molar-refractivity contribution >= 4 is 11.9 Å². The van der Waals surface area contributed by atoms with Gasteiger partial charge >= 0.3 is 0 Å². The monoisotopic (exact) mass is 338 g/mol. The van der Waals surface area contributed by atoms with Crippen LogP contribution in [0, 0.1) is 5.92 Å². The first-order chi connectivity index (χ1) is 12.1. The molecule has 0 saturated carbocycles. The Bertz CT molecular complexity index is 689. The van der Waals surface area contributed by atoms with Crippen molar-refractivity contribution in [3.63, 3.8) is 0 Å². The summed E-state index contributed by atoms with van der Waals surface area (Å²) >= 11 is 0. The van der Waals surface area contributed by atoms with E-state index >= 15 is 0 Å². The van der Waals surface area contributed by atoms with Gasteiger partial charge in [0.2, 0.25) is 5.95 Å². The molecule has 3 rings (SSSR count). The molecule has 1 fully saturated rings. The lowest BCUT2D eigenvalue weighted by atomic mass is 10.1. The molecule has 0 unspecified atom stereocenters. The van der Waals surface area contributed by atoms with Gasteiger partial charge in [-0.1, -0.05) is 26.0 Å². The largest absolute Gasteiger partial charge is 0.352 e. The van der Waals surface area contributed by atoms with Gasteiger partial charge in [-0.2, -0.15) is 0 Å². The summed E-state index contributed by atoms with van der Waals surface area (Å²) in [5.41, 5.74) is 2.66. The maximum Gasteiger partial charge on any atom is 0.251 e. The van der Waals surface area contributed by atoms with Gasteiger partial charge in [0, 0.05) is 43.2 Å². The summed E-state index contributed by atoms with van der Waals surface area (Å²) in [6.07, 6.45) is 7.46. The van der Waals surface area contributed by atoms with Crippen LogP contribution in [0.5, 0.6) is 0 Å². The molecule has 2 aromatic rings. The molecule has 1 aliphatic rings. The molecule has 0 aliphatic carbocycles. The van der Waals surface area contributed by atoms with Crippen molar-refractivity contribution in [3.05, 3.63) is 42.2 Å². The Morgan fingerprint density at radius 3 is 2.28 bits per heavy atom. The van der Waals surface area contributed by atoms with Crippen LogP contribution < -0.4 is 10.2 Å². The number of aromatic nitrogens is 2.